The molecule has 1 aliphatic heterocycles. The number of piperidine rings is 1. The van der Waals surface area contributed by atoms with Crippen LogP contribution in [0.3, 0.4) is 0 Å². The molecule has 7 nitrogen and oxygen atoms in total. The molecule has 1 saturated heterocycles. The van der Waals surface area contributed by atoms with Gasteiger partial charge in [0.15, 0.2) is 5.78 Å². The lowest BCUT2D eigenvalue weighted by Crippen LogP contribution is -2.38. The molecule has 1 fully saturated rings. The average Bonchev–Trinajstić information content (AvgIpc) is 2.86. The predicted molar refractivity (Wildman–Crippen MR) is 133 cm³/mol. The van der Waals surface area contributed by atoms with Gasteiger partial charge < -0.3 is 10.2 Å². The molecule has 2 N–H and O–H groups in total. The van der Waals surface area contributed by atoms with Gasteiger partial charge in [0, 0.05) is 34.9 Å². The molecule has 0 bridgehead atoms. The Hall–Kier alpha value is -3.36. The first-order valence-corrected chi connectivity index (χ1v) is 12.8. The number of sulfonamides is 1. The molecule has 0 radical (unpaired) electrons. The zero-order chi connectivity index (χ0) is 24.1. The van der Waals surface area contributed by atoms with E-state index in [1.165, 1.54) is 42.5 Å². The van der Waals surface area contributed by atoms with E-state index in [-0.39, 0.29) is 28.0 Å². The Morgan fingerprint density at radius 1 is 0.853 bits per heavy atom. The van der Waals surface area contributed by atoms with Crippen molar-refractivity contribution in [2.24, 2.45) is 0 Å². The van der Waals surface area contributed by atoms with E-state index in [0.717, 1.165) is 19.3 Å². The molecule has 1 heterocycles. The van der Waals surface area contributed by atoms with E-state index in [4.69, 9.17) is 11.6 Å². The summed E-state index contributed by atoms with van der Waals surface area (Å²) in [7, 11) is -4.00. The van der Waals surface area contributed by atoms with Crippen molar-refractivity contribution in [3.05, 3.63) is 88.9 Å². The maximum atomic E-state index is 13.0. The third kappa shape index (κ3) is 5.58. The van der Waals surface area contributed by atoms with Gasteiger partial charge >= 0.3 is 6.03 Å². The highest BCUT2D eigenvalue weighted by Gasteiger charge is 2.21. The van der Waals surface area contributed by atoms with E-state index in [1.807, 2.05) is 0 Å². The Kier molecular flexibility index (Phi) is 7.19. The fraction of sp³-hybridized carbons (Fsp3) is 0.200. The quantitative estimate of drug-likeness (QED) is 0.446. The van der Waals surface area contributed by atoms with E-state index < -0.39 is 10.0 Å². The minimum Gasteiger partial charge on any atom is -0.325 e. The van der Waals surface area contributed by atoms with Crippen LogP contribution in [-0.2, 0) is 10.0 Å². The molecular weight excluding hydrogens is 474 g/mol. The summed E-state index contributed by atoms with van der Waals surface area (Å²) in [5.74, 6) is -0.350. The van der Waals surface area contributed by atoms with E-state index >= 15 is 0 Å². The standard InChI is InChI=1S/C25H24ClN3O4S/c26-19-9-14-23(22(17-19)24(30)18-7-3-1-4-8-18)28-34(32,33)21-12-10-20(11-13-21)27-25(31)29-15-5-2-6-16-29/h1,3-4,7-14,17,28H,2,5-6,15-16H2,(H,27,31). The minimum atomic E-state index is -4.00. The number of nitrogens with zero attached hydrogens (tertiary/aromatic N) is 1. The summed E-state index contributed by atoms with van der Waals surface area (Å²) >= 11 is 6.08. The smallest absolute Gasteiger partial charge is 0.321 e. The Morgan fingerprint density at radius 2 is 1.53 bits per heavy atom. The highest BCUT2D eigenvalue weighted by Crippen LogP contribution is 2.26. The summed E-state index contributed by atoms with van der Waals surface area (Å²) in [4.78, 5) is 27.1. The van der Waals surface area contributed by atoms with Gasteiger partial charge in [-0.3, -0.25) is 9.52 Å². The zero-order valence-electron chi connectivity index (χ0n) is 18.3. The third-order valence-corrected chi connectivity index (χ3v) is 7.18. The van der Waals surface area contributed by atoms with Gasteiger partial charge in [0.25, 0.3) is 10.0 Å². The summed E-state index contributed by atoms with van der Waals surface area (Å²) in [5.41, 5.74) is 1.19. The first-order chi connectivity index (χ1) is 16.3. The maximum Gasteiger partial charge on any atom is 0.321 e. The van der Waals surface area contributed by atoms with Gasteiger partial charge in [0.2, 0.25) is 0 Å². The van der Waals surface area contributed by atoms with Gasteiger partial charge in [0.05, 0.1) is 10.6 Å². The number of halogens is 1. The minimum absolute atomic E-state index is 0.00321. The molecule has 1 aliphatic rings. The highest BCUT2D eigenvalue weighted by molar-refractivity contribution is 7.92. The maximum absolute atomic E-state index is 13.0. The number of rotatable bonds is 6. The summed E-state index contributed by atoms with van der Waals surface area (Å²) in [5, 5.41) is 3.12. The van der Waals surface area contributed by atoms with E-state index in [2.05, 4.69) is 10.0 Å². The molecule has 3 aromatic rings. The molecule has 34 heavy (non-hydrogen) atoms. The number of carbonyl (C=O) groups is 2. The van der Waals surface area contributed by atoms with E-state index in [9.17, 15) is 18.0 Å². The van der Waals surface area contributed by atoms with Crippen LogP contribution in [0.4, 0.5) is 16.2 Å². The van der Waals surface area contributed by atoms with Crippen molar-refractivity contribution in [2.75, 3.05) is 23.1 Å². The van der Waals surface area contributed by atoms with E-state index in [1.54, 1.807) is 35.2 Å². The topological polar surface area (TPSA) is 95.6 Å². The number of anilines is 2. The summed E-state index contributed by atoms with van der Waals surface area (Å²) < 4.78 is 28.5. The molecule has 0 saturated carbocycles. The van der Waals surface area contributed by atoms with Crippen molar-refractivity contribution in [1.82, 2.24) is 4.90 Å². The number of urea groups is 1. The Labute approximate surface area is 203 Å². The van der Waals surface area contributed by atoms with Gasteiger partial charge in [0.1, 0.15) is 0 Å². The van der Waals surface area contributed by atoms with Crippen molar-refractivity contribution in [3.8, 4) is 0 Å². The van der Waals surface area contributed by atoms with Crippen molar-refractivity contribution < 1.29 is 18.0 Å². The molecule has 0 unspecified atom stereocenters. The largest absolute Gasteiger partial charge is 0.325 e. The van der Waals surface area contributed by atoms with Gasteiger partial charge in [-0.1, -0.05) is 41.9 Å². The Morgan fingerprint density at radius 3 is 2.21 bits per heavy atom. The van der Waals surface area contributed by atoms with Crippen molar-refractivity contribution in [3.63, 3.8) is 0 Å². The fourth-order valence-electron chi connectivity index (χ4n) is 3.76. The van der Waals surface area contributed by atoms with Crippen LogP contribution in [0.2, 0.25) is 5.02 Å². The van der Waals surface area contributed by atoms with Crippen LogP contribution in [0.1, 0.15) is 35.2 Å². The third-order valence-electron chi connectivity index (χ3n) is 5.57. The van der Waals surface area contributed by atoms with Crippen LogP contribution < -0.4 is 10.0 Å². The van der Waals surface area contributed by atoms with Crippen LogP contribution in [-0.4, -0.2) is 38.2 Å². The monoisotopic (exact) mass is 497 g/mol. The molecule has 0 spiro atoms. The number of nitrogens with one attached hydrogen (secondary N) is 2. The van der Waals surface area contributed by atoms with Gasteiger partial charge in [-0.15, -0.1) is 0 Å². The molecule has 2 amide bonds. The Bertz CT molecular complexity index is 1290. The number of ketones is 1. The first-order valence-electron chi connectivity index (χ1n) is 10.9. The van der Waals surface area contributed by atoms with Crippen molar-refractivity contribution in [1.29, 1.82) is 0 Å². The number of hydrogen-bond acceptors (Lipinski definition) is 4. The summed E-state index contributed by atoms with van der Waals surface area (Å²) in [6.07, 6.45) is 3.08. The average molecular weight is 498 g/mol. The SMILES string of the molecule is O=C(c1ccccc1)c1cc(Cl)ccc1NS(=O)(=O)c1ccc(NC(=O)N2CCCCC2)cc1. The van der Waals surface area contributed by atoms with Crippen LogP contribution in [0.25, 0.3) is 0 Å². The molecule has 4 rings (SSSR count). The predicted octanol–water partition coefficient (Wildman–Crippen LogP) is 5.39. The molecule has 176 valence electrons. The number of benzene rings is 3. The van der Waals surface area contributed by atoms with Crippen LogP contribution in [0.15, 0.2) is 77.7 Å². The lowest BCUT2D eigenvalue weighted by molar-refractivity contribution is 0.103. The lowest BCUT2D eigenvalue weighted by atomic mass is 10.0. The van der Waals surface area contributed by atoms with Crippen molar-refractivity contribution in [2.45, 2.75) is 24.2 Å². The summed E-state index contributed by atoms with van der Waals surface area (Å²) in [6, 6.07) is 18.7. The Balaban J connectivity index is 1.52. The number of likely N-dealkylation sites (tertiary alicyclic amines) is 1. The van der Waals surface area contributed by atoms with Crippen molar-refractivity contribution >= 4 is 44.8 Å². The molecule has 0 aromatic heterocycles. The van der Waals surface area contributed by atoms with Crippen LogP contribution >= 0.6 is 11.6 Å². The first kappa shape index (κ1) is 23.8. The molecule has 0 atom stereocenters. The summed E-state index contributed by atoms with van der Waals surface area (Å²) in [6.45, 7) is 1.43. The zero-order valence-corrected chi connectivity index (χ0v) is 19.9. The molecule has 3 aromatic carbocycles. The van der Waals surface area contributed by atoms with Gasteiger partial charge in [-0.2, -0.15) is 0 Å². The lowest BCUT2D eigenvalue weighted by Gasteiger charge is -2.26. The molecule has 9 heteroatoms. The van der Waals surface area contributed by atoms with Gasteiger partial charge in [-0.05, 0) is 61.7 Å². The second-order valence-corrected chi connectivity index (χ2v) is 10.1. The number of amides is 2. The number of carbonyl (C=O) groups excluding carboxylic acids is 2. The number of hydrogen-bond donors (Lipinski definition) is 2. The highest BCUT2D eigenvalue weighted by atomic mass is 35.5. The second kappa shape index (κ2) is 10.3. The van der Waals surface area contributed by atoms with Crippen LogP contribution in [0, 0.1) is 0 Å². The normalized spacial score (nSPS) is 13.9. The fourth-order valence-corrected chi connectivity index (χ4v) is 5.01. The van der Waals surface area contributed by atoms with Gasteiger partial charge in [-0.25, -0.2) is 13.2 Å². The second-order valence-electron chi connectivity index (χ2n) is 7.99. The van der Waals surface area contributed by atoms with Crippen LogP contribution in [0.5, 0.6) is 0 Å². The molecule has 0 aliphatic carbocycles. The molecular formula is C25H24ClN3O4S. The van der Waals surface area contributed by atoms with E-state index in [0.29, 0.717) is 29.4 Å².